The number of unbranched alkanes of at least 4 members (excludes halogenated alkanes) is 2. The van der Waals surface area contributed by atoms with Crippen LogP contribution in [0.2, 0.25) is 0 Å². The number of nitriles is 1. The Balaban J connectivity index is 2.37. The molecule has 1 fully saturated rings. The van der Waals surface area contributed by atoms with Crippen molar-refractivity contribution in [3.05, 3.63) is 47.2 Å². The molecule has 7 atom stereocenters. The van der Waals surface area contributed by atoms with Crippen molar-refractivity contribution >= 4 is 64.9 Å². The SMILES string of the molecule is N#Cc1ccc(C[C@H](NC(=O)[C@@H]2CCCN2C(=O)C(CCCN)=NC(=O)CNC(=O)[C@H](CCN)NC(=O)[C@@H](NC(=O)[C@@H](N)CCCCN)[C@@H](O)CN)C(=O)N[C@@H](CCCCN)C(=O)N/C(=C\CCN=C(N)N)C(=O)O)cc1. The van der Waals surface area contributed by atoms with Gasteiger partial charge in [0.2, 0.25) is 35.4 Å². The number of likely N-dealkylation sites (tertiary alicyclic amines) is 1. The minimum atomic E-state index is -1.62. The molecule has 0 spiro atoms. The van der Waals surface area contributed by atoms with Gasteiger partial charge in [-0.25, -0.2) is 9.79 Å². The zero-order valence-electron chi connectivity index (χ0n) is 43.3. The highest BCUT2D eigenvalue weighted by atomic mass is 16.4. The second-order valence-corrected chi connectivity index (χ2v) is 18.0. The van der Waals surface area contributed by atoms with E-state index in [0.717, 1.165) is 0 Å². The van der Waals surface area contributed by atoms with Gasteiger partial charge in [0.1, 0.15) is 41.6 Å². The van der Waals surface area contributed by atoms with Crippen LogP contribution in [-0.2, 0) is 49.6 Å². The molecule has 8 amide bonds. The van der Waals surface area contributed by atoms with Crippen molar-refractivity contribution in [2.45, 2.75) is 126 Å². The van der Waals surface area contributed by atoms with Crippen LogP contribution in [-0.4, -0.2) is 175 Å². The standard InChI is InChI=1S/C48H78N18O11/c49-18-3-1-8-30(55)40(69)65-39(37(67)26-54)45(74)62-32(17-21-52)41(70)59-27-38(68)60-33(10-5-20-51)46(75)66-23-7-12-36(66)44(73)64-35(24-28-13-15-29(25-53)16-14-28)43(72)61-31(9-2-4-19-50)42(71)63-34(47(76)77)11-6-22-58-48(56)57/h11,13-16,30-32,35-37,39,67H,1-10,12,17-24,26-27,49-52,54-55H2,(H,59,70)(H,61,72)(H,62,74)(H,63,71)(H,64,73)(H,65,69)(H,76,77)(H4,56,57,58)/b34-11-,60-33?/t30-,31-,32-,35-,36-,37-,39-/m0/s1. The molecule has 77 heavy (non-hydrogen) atoms. The van der Waals surface area contributed by atoms with Crippen LogP contribution in [0.1, 0.15) is 88.2 Å². The largest absolute Gasteiger partial charge is 0.477 e. The lowest BCUT2D eigenvalue weighted by atomic mass is 10.0. The number of carboxylic acid groups (broad SMARTS) is 1. The molecule has 0 aromatic heterocycles. The Bertz CT molecular complexity index is 2290. The Hall–Kier alpha value is -7.46. The number of hydrogen-bond acceptors (Lipinski definition) is 18. The first-order chi connectivity index (χ1) is 36.7. The number of aliphatic carboxylic acids is 1. The van der Waals surface area contributed by atoms with Gasteiger partial charge in [-0.15, -0.1) is 0 Å². The second kappa shape index (κ2) is 35.7. The molecule has 0 bridgehead atoms. The van der Waals surface area contributed by atoms with Crippen molar-refractivity contribution in [3.8, 4) is 6.07 Å². The summed E-state index contributed by atoms with van der Waals surface area (Å²) in [5, 5.41) is 44.5. The lowest BCUT2D eigenvalue weighted by Gasteiger charge is -2.28. The van der Waals surface area contributed by atoms with Crippen LogP contribution in [0.4, 0.5) is 0 Å². The van der Waals surface area contributed by atoms with Gasteiger partial charge in [-0.1, -0.05) is 24.6 Å². The van der Waals surface area contributed by atoms with Crippen LogP contribution in [0, 0.1) is 11.3 Å². The van der Waals surface area contributed by atoms with Crippen molar-refractivity contribution in [1.29, 1.82) is 5.26 Å². The molecular weight excluding hydrogens is 1000 g/mol. The highest BCUT2D eigenvalue weighted by Crippen LogP contribution is 2.20. The minimum absolute atomic E-state index is 0.0184. The molecule has 1 aliphatic heterocycles. The number of carboxylic acids is 1. The van der Waals surface area contributed by atoms with Crippen LogP contribution in [0.3, 0.4) is 0 Å². The summed E-state index contributed by atoms with van der Waals surface area (Å²) in [7, 11) is 0. The first kappa shape index (κ1) is 65.7. The molecule has 1 saturated heterocycles. The fourth-order valence-corrected chi connectivity index (χ4v) is 7.75. The molecule has 426 valence electrons. The van der Waals surface area contributed by atoms with Crippen molar-refractivity contribution in [3.63, 3.8) is 0 Å². The second-order valence-electron chi connectivity index (χ2n) is 18.0. The number of aliphatic hydroxyl groups excluding tert-OH is 1. The first-order valence-electron chi connectivity index (χ1n) is 25.4. The topological polar surface area (TPSA) is 526 Å². The van der Waals surface area contributed by atoms with Gasteiger partial charge >= 0.3 is 5.97 Å². The fraction of sp³-hybridized carbons (Fsp3) is 0.583. The zero-order chi connectivity index (χ0) is 57.5. The number of nitrogens with zero attached hydrogens (tertiary/aromatic N) is 4. The average Bonchev–Trinajstić information content (AvgIpc) is 3.91. The van der Waals surface area contributed by atoms with E-state index in [4.69, 9.17) is 45.9 Å². The number of amides is 8. The summed E-state index contributed by atoms with van der Waals surface area (Å²) >= 11 is 0. The fourth-order valence-electron chi connectivity index (χ4n) is 7.75. The van der Waals surface area contributed by atoms with Crippen LogP contribution >= 0.6 is 0 Å². The van der Waals surface area contributed by atoms with Gasteiger partial charge in [0.15, 0.2) is 5.96 Å². The van der Waals surface area contributed by atoms with E-state index < -0.39 is 114 Å². The zero-order valence-corrected chi connectivity index (χ0v) is 43.3. The summed E-state index contributed by atoms with van der Waals surface area (Å²) in [6.45, 7) is -0.575. The number of aliphatic imine (C=N–C) groups is 2. The van der Waals surface area contributed by atoms with Crippen LogP contribution in [0.25, 0.3) is 0 Å². The number of benzene rings is 1. The Morgan fingerprint density at radius 3 is 2.00 bits per heavy atom. The predicted octanol–water partition coefficient (Wildman–Crippen LogP) is -6.14. The third-order valence-corrected chi connectivity index (χ3v) is 12.0. The molecule has 1 aliphatic rings. The van der Waals surface area contributed by atoms with Gasteiger partial charge in [0, 0.05) is 26.1 Å². The van der Waals surface area contributed by atoms with Gasteiger partial charge in [-0.05, 0) is 115 Å². The molecular formula is C48H78N18O11. The third-order valence-electron chi connectivity index (χ3n) is 12.0. The average molecular weight is 1080 g/mol. The Morgan fingerprint density at radius 2 is 1.40 bits per heavy atom. The van der Waals surface area contributed by atoms with E-state index in [-0.39, 0.29) is 95.8 Å². The van der Waals surface area contributed by atoms with E-state index >= 15 is 0 Å². The number of aliphatic hydroxyl groups is 1. The summed E-state index contributed by atoms with van der Waals surface area (Å²) < 4.78 is 0. The normalized spacial score (nSPS) is 15.8. The van der Waals surface area contributed by atoms with E-state index in [2.05, 4.69) is 41.9 Å². The van der Waals surface area contributed by atoms with E-state index in [1.54, 1.807) is 12.1 Å². The molecule has 29 nitrogen and oxygen atoms in total. The summed E-state index contributed by atoms with van der Waals surface area (Å²) in [5.41, 5.74) is 44.9. The first-order valence-corrected chi connectivity index (χ1v) is 25.4. The van der Waals surface area contributed by atoms with E-state index in [0.29, 0.717) is 49.8 Å². The summed E-state index contributed by atoms with van der Waals surface area (Å²) in [4.78, 5) is 130. The maximum Gasteiger partial charge on any atom is 0.352 e. The smallest absolute Gasteiger partial charge is 0.352 e. The molecule has 0 unspecified atom stereocenters. The predicted molar refractivity (Wildman–Crippen MR) is 283 cm³/mol. The van der Waals surface area contributed by atoms with Gasteiger partial charge in [0.25, 0.3) is 11.8 Å². The minimum Gasteiger partial charge on any atom is -0.477 e. The van der Waals surface area contributed by atoms with E-state index in [1.807, 2.05) is 6.07 Å². The Morgan fingerprint density at radius 1 is 0.766 bits per heavy atom. The van der Waals surface area contributed by atoms with Crippen molar-refractivity contribution in [2.75, 3.05) is 52.4 Å². The number of nitrogens with one attached hydrogen (secondary N) is 6. The highest BCUT2D eigenvalue weighted by Gasteiger charge is 2.39. The molecule has 1 aromatic rings. The van der Waals surface area contributed by atoms with Gasteiger partial charge < -0.3 is 92.9 Å². The summed E-state index contributed by atoms with van der Waals surface area (Å²) in [5.74, 6) is -8.65. The number of carbonyl (C=O) groups excluding carboxylic acids is 8. The van der Waals surface area contributed by atoms with Crippen molar-refractivity contribution in [1.82, 2.24) is 36.8 Å². The number of nitrogens with two attached hydrogens (primary N) is 8. The molecule has 29 heteroatoms. The molecule has 0 saturated carbocycles. The Kier molecular flexibility index (Phi) is 30.5. The molecule has 0 aliphatic carbocycles. The van der Waals surface area contributed by atoms with E-state index in [9.17, 15) is 58.6 Å². The van der Waals surface area contributed by atoms with Gasteiger partial charge in [0.05, 0.1) is 30.3 Å². The van der Waals surface area contributed by atoms with Gasteiger partial charge in [-0.3, -0.25) is 43.3 Å². The lowest BCUT2D eigenvalue weighted by Crippen LogP contribution is -2.61. The number of carbonyl (C=O) groups is 9. The quantitative estimate of drug-likeness (QED) is 0.0130. The molecule has 0 radical (unpaired) electrons. The monoisotopic (exact) mass is 1080 g/mol. The number of rotatable bonds is 35. The number of hydrogen-bond donors (Lipinski definition) is 16. The molecule has 24 N–H and O–H groups in total. The van der Waals surface area contributed by atoms with Crippen molar-refractivity contribution < 1.29 is 53.4 Å². The van der Waals surface area contributed by atoms with Gasteiger partial charge in [-0.2, -0.15) is 5.26 Å². The Labute approximate surface area is 446 Å². The maximum absolute atomic E-state index is 14.3. The van der Waals surface area contributed by atoms with E-state index in [1.165, 1.54) is 23.1 Å². The van der Waals surface area contributed by atoms with Crippen LogP contribution in [0.5, 0.6) is 0 Å². The summed E-state index contributed by atoms with van der Waals surface area (Å²) in [6.07, 6.45) is 2.03. The molecule has 1 heterocycles. The summed E-state index contributed by atoms with van der Waals surface area (Å²) in [6, 6.07) is 0.193. The highest BCUT2D eigenvalue weighted by molar-refractivity contribution is 6.40. The van der Waals surface area contributed by atoms with Crippen LogP contribution < -0.4 is 77.8 Å². The maximum atomic E-state index is 14.3. The number of guanidine groups is 1. The molecule has 1 aromatic carbocycles. The third kappa shape index (κ3) is 23.5. The van der Waals surface area contributed by atoms with Crippen molar-refractivity contribution in [2.24, 2.45) is 55.9 Å². The molecule has 2 rings (SSSR count). The lowest BCUT2D eigenvalue weighted by molar-refractivity contribution is -0.137. The van der Waals surface area contributed by atoms with Crippen LogP contribution in [0.15, 0.2) is 46.0 Å².